The van der Waals surface area contributed by atoms with Crippen molar-refractivity contribution in [1.29, 1.82) is 0 Å². The molecule has 1 aromatic heterocycles. The van der Waals surface area contributed by atoms with E-state index in [4.69, 9.17) is 10.7 Å². The van der Waals surface area contributed by atoms with E-state index < -0.39 is 0 Å². The maximum atomic E-state index is 5.94. The van der Waals surface area contributed by atoms with Crippen LogP contribution in [0.3, 0.4) is 0 Å². The third-order valence-corrected chi connectivity index (χ3v) is 3.84. The number of nitrogens with zero attached hydrogens (tertiary/aromatic N) is 3. The van der Waals surface area contributed by atoms with Crippen molar-refractivity contribution >= 4 is 11.6 Å². The Morgan fingerprint density at radius 2 is 1.74 bits per heavy atom. The van der Waals surface area contributed by atoms with Gasteiger partial charge in [0.25, 0.3) is 0 Å². The third-order valence-electron chi connectivity index (χ3n) is 3.84. The summed E-state index contributed by atoms with van der Waals surface area (Å²) in [6.45, 7) is 13.1. The summed E-state index contributed by atoms with van der Waals surface area (Å²) in [7, 11) is 0. The van der Waals surface area contributed by atoms with Crippen LogP contribution in [0, 0.1) is 5.41 Å². The molecular weight excluding hydrogens is 236 g/mol. The highest BCUT2D eigenvalue weighted by Gasteiger charge is 2.27. The van der Waals surface area contributed by atoms with Crippen LogP contribution >= 0.6 is 0 Å². The second kappa shape index (κ2) is 4.66. The molecule has 2 rings (SSSR count). The van der Waals surface area contributed by atoms with Gasteiger partial charge in [0.2, 0.25) is 0 Å². The standard InChI is InChI=1S/C15H26N4/c1-14(2,3)13-17-11(16)10-12(18-13)19-8-6-15(4,5)7-9-19/h10H,6-9H2,1-5H3,(H2,16,17,18). The zero-order chi connectivity index (χ0) is 14.3. The van der Waals surface area contributed by atoms with Gasteiger partial charge in [0.05, 0.1) is 0 Å². The summed E-state index contributed by atoms with van der Waals surface area (Å²) in [5, 5.41) is 0. The minimum atomic E-state index is -0.0703. The summed E-state index contributed by atoms with van der Waals surface area (Å²) in [6, 6.07) is 1.90. The Morgan fingerprint density at radius 3 is 2.26 bits per heavy atom. The monoisotopic (exact) mass is 262 g/mol. The Balaban J connectivity index is 2.24. The predicted octanol–water partition coefficient (Wildman–Crippen LogP) is 2.98. The fourth-order valence-electron chi connectivity index (χ4n) is 2.29. The van der Waals surface area contributed by atoms with Crippen LogP contribution in [0.2, 0.25) is 0 Å². The molecule has 0 amide bonds. The molecule has 0 unspecified atom stereocenters. The summed E-state index contributed by atoms with van der Waals surface area (Å²) in [4.78, 5) is 11.4. The van der Waals surface area contributed by atoms with E-state index in [1.54, 1.807) is 0 Å². The molecule has 4 nitrogen and oxygen atoms in total. The van der Waals surface area contributed by atoms with Crippen LogP contribution in [-0.4, -0.2) is 23.1 Å². The number of hydrogen-bond acceptors (Lipinski definition) is 4. The quantitative estimate of drug-likeness (QED) is 0.845. The summed E-state index contributed by atoms with van der Waals surface area (Å²) in [6.07, 6.45) is 2.39. The molecule has 1 aliphatic heterocycles. The largest absolute Gasteiger partial charge is 0.384 e. The molecule has 0 radical (unpaired) electrons. The molecule has 2 N–H and O–H groups in total. The van der Waals surface area contributed by atoms with E-state index in [1.807, 2.05) is 6.07 Å². The minimum absolute atomic E-state index is 0.0703. The lowest BCUT2D eigenvalue weighted by Gasteiger charge is -2.37. The summed E-state index contributed by atoms with van der Waals surface area (Å²) in [5.41, 5.74) is 6.31. The van der Waals surface area contributed by atoms with Crippen molar-refractivity contribution in [3.05, 3.63) is 11.9 Å². The van der Waals surface area contributed by atoms with Crippen LogP contribution in [0.5, 0.6) is 0 Å². The van der Waals surface area contributed by atoms with Crippen molar-refractivity contribution in [1.82, 2.24) is 9.97 Å². The van der Waals surface area contributed by atoms with Gasteiger partial charge >= 0.3 is 0 Å². The molecule has 0 bridgehead atoms. The molecule has 0 saturated carbocycles. The topological polar surface area (TPSA) is 55.0 Å². The number of hydrogen-bond donors (Lipinski definition) is 1. The highest BCUT2D eigenvalue weighted by atomic mass is 15.2. The van der Waals surface area contributed by atoms with Gasteiger partial charge in [0, 0.05) is 24.6 Å². The molecule has 4 heteroatoms. The molecule has 1 aromatic rings. The van der Waals surface area contributed by atoms with Gasteiger partial charge in [0.15, 0.2) is 0 Å². The Hall–Kier alpha value is -1.32. The van der Waals surface area contributed by atoms with E-state index in [-0.39, 0.29) is 5.41 Å². The number of nitrogen functional groups attached to an aromatic ring is 1. The maximum Gasteiger partial charge on any atom is 0.138 e. The van der Waals surface area contributed by atoms with Gasteiger partial charge in [0.1, 0.15) is 17.5 Å². The van der Waals surface area contributed by atoms with Crippen molar-refractivity contribution in [3.63, 3.8) is 0 Å². The fourth-order valence-corrected chi connectivity index (χ4v) is 2.29. The molecule has 0 spiro atoms. The number of rotatable bonds is 1. The number of piperidine rings is 1. The van der Waals surface area contributed by atoms with Crippen molar-refractivity contribution in [2.24, 2.45) is 5.41 Å². The maximum absolute atomic E-state index is 5.94. The Morgan fingerprint density at radius 1 is 1.16 bits per heavy atom. The van der Waals surface area contributed by atoms with Crippen LogP contribution in [-0.2, 0) is 5.41 Å². The highest BCUT2D eigenvalue weighted by molar-refractivity contribution is 5.48. The molecule has 106 valence electrons. The molecule has 0 atom stereocenters. The SMILES string of the molecule is CC1(C)CCN(c2cc(N)nc(C(C)(C)C)n2)CC1. The van der Waals surface area contributed by atoms with E-state index >= 15 is 0 Å². The van der Waals surface area contributed by atoms with E-state index in [0.29, 0.717) is 11.2 Å². The second-order valence-electron chi connectivity index (χ2n) is 7.38. The summed E-state index contributed by atoms with van der Waals surface area (Å²) in [5.74, 6) is 2.38. The molecule has 0 aromatic carbocycles. The van der Waals surface area contributed by atoms with Crippen LogP contribution in [0.1, 0.15) is 53.3 Å². The zero-order valence-corrected chi connectivity index (χ0v) is 12.8. The normalized spacial score (nSPS) is 19.5. The van der Waals surface area contributed by atoms with Gasteiger partial charge in [-0.2, -0.15) is 0 Å². The van der Waals surface area contributed by atoms with Gasteiger partial charge in [-0.15, -0.1) is 0 Å². The van der Waals surface area contributed by atoms with Gasteiger partial charge < -0.3 is 10.6 Å². The number of anilines is 2. The van der Waals surface area contributed by atoms with Crippen LogP contribution in [0.15, 0.2) is 6.07 Å². The Bertz CT molecular complexity index is 450. The molecule has 1 aliphatic rings. The molecule has 19 heavy (non-hydrogen) atoms. The van der Waals surface area contributed by atoms with Crippen LogP contribution in [0.25, 0.3) is 0 Å². The first-order valence-electron chi connectivity index (χ1n) is 7.07. The number of aromatic nitrogens is 2. The third kappa shape index (κ3) is 3.37. The van der Waals surface area contributed by atoms with E-state index in [2.05, 4.69) is 44.5 Å². The fraction of sp³-hybridized carbons (Fsp3) is 0.733. The lowest BCUT2D eigenvalue weighted by Crippen LogP contribution is -2.38. The Labute approximate surface area is 116 Å². The van der Waals surface area contributed by atoms with Crippen molar-refractivity contribution < 1.29 is 0 Å². The smallest absolute Gasteiger partial charge is 0.138 e. The van der Waals surface area contributed by atoms with Crippen LogP contribution < -0.4 is 10.6 Å². The van der Waals surface area contributed by atoms with Gasteiger partial charge in [-0.25, -0.2) is 9.97 Å². The van der Waals surface area contributed by atoms with Crippen molar-refractivity contribution in [3.8, 4) is 0 Å². The van der Waals surface area contributed by atoms with E-state index in [0.717, 1.165) is 24.7 Å². The average Bonchev–Trinajstić information content (AvgIpc) is 2.26. The second-order valence-corrected chi connectivity index (χ2v) is 7.38. The highest BCUT2D eigenvalue weighted by Crippen LogP contribution is 2.32. The van der Waals surface area contributed by atoms with Crippen molar-refractivity contribution in [2.45, 2.75) is 52.9 Å². The average molecular weight is 262 g/mol. The Kier molecular flexibility index (Phi) is 3.45. The molecule has 2 heterocycles. The first-order chi connectivity index (χ1) is 8.67. The first-order valence-corrected chi connectivity index (χ1v) is 7.07. The lowest BCUT2D eigenvalue weighted by atomic mass is 9.83. The first kappa shape index (κ1) is 14.1. The predicted molar refractivity (Wildman–Crippen MR) is 80.4 cm³/mol. The lowest BCUT2D eigenvalue weighted by molar-refractivity contribution is 0.279. The van der Waals surface area contributed by atoms with Gasteiger partial charge in [-0.05, 0) is 18.3 Å². The minimum Gasteiger partial charge on any atom is -0.384 e. The van der Waals surface area contributed by atoms with Crippen molar-refractivity contribution in [2.75, 3.05) is 23.7 Å². The summed E-state index contributed by atoms with van der Waals surface area (Å²) < 4.78 is 0. The zero-order valence-electron chi connectivity index (χ0n) is 12.8. The molecule has 0 aliphatic carbocycles. The number of nitrogens with two attached hydrogens (primary N) is 1. The molecule has 1 saturated heterocycles. The summed E-state index contributed by atoms with van der Waals surface area (Å²) >= 11 is 0. The van der Waals surface area contributed by atoms with Gasteiger partial charge in [-0.3, -0.25) is 0 Å². The van der Waals surface area contributed by atoms with E-state index in [9.17, 15) is 0 Å². The van der Waals surface area contributed by atoms with E-state index in [1.165, 1.54) is 12.8 Å². The van der Waals surface area contributed by atoms with Crippen LogP contribution in [0.4, 0.5) is 11.6 Å². The molecular formula is C15H26N4. The van der Waals surface area contributed by atoms with Gasteiger partial charge in [-0.1, -0.05) is 34.6 Å². The molecule has 1 fully saturated rings.